The predicted octanol–water partition coefficient (Wildman–Crippen LogP) is 7.75. The molecule has 0 bridgehead atoms. The van der Waals surface area contributed by atoms with Crippen molar-refractivity contribution >= 4 is 29.1 Å². The highest BCUT2D eigenvalue weighted by molar-refractivity contribution is 6.30. The van der Waals surface area contributed by atoms with Crippen LogP contribution >= 0.6 is 11.6 Å². The number of nitrogens with zero attached hydrogens (tertiary/aromatic N) is 5. The summed E-state index contributed by atoms with van der Waals surface area (Å²) in [7, 11) is 0. The molecule has 3 aromatic carbocycles. The van der Waals surface area contributed by atoms with Gasteiger partial charge in [0.25, 0.3) is 5.69 Å². The van der Waals surface area contributed by atoms with E-state index in [1.54, 1.807) is 58.8 Å². The number of hydrogen-bond donors (Lipinski definition) is 0. The van der Waals surface area contributed by atoms with Gasteiger partial charge in [0, 0.05) is 28.9 Å². The fraction of sp³-hybridized carbons (Fsp3) is 0.0312. The number of benzene rings is 3. The van der Waals surface area contributed by atoms with Crippen LogP contribution in [0.25, 0.3) is 40.0 Å². The number of halogens is 1. The number of ketones is 1. The molecule has 3 aromatic heterocycles. The number of rotatable bonds is 8. The van der Waals surface area contributed by atoms with Crippen molar-refractivity contribution < 1.29 is 14.1 Å². The van der Waals surface area contributed by atoms with E-state index in [0.29, 0.717) is 39.1 Å². The number of nitro benzene ring substituents is 1. The van der Waals surface area contributed by atoms with E-state index in [1.807, 2.05) is 48.7 Å². The molecular formula is C32H22ClN5O4. The SMILES string of the molecule is Cc1c(C(=O)/C=C/c2nn(-c3ccccc3)cc2-c2ccc(Cl)cc2)c(-c2ccco2)nn1-c1ccc([N+](=O)[O-])cc1. The lowest BCUT2D eigenvalue weighted by Gasteiger charge is -2.04. The van der Waals surface area contributed by atoms with Gasteiger partial charge in [-0.25, -0.2) is 9.36 Å². The van der Waals surface area contributed by atoms with Gasteiger partial charge in [-0.05, 0) is 73.2 Å². The first-order valence-electron chi connectivity index (χ1n) is 12.9. The van der Waals surface area contributed by atoms with E-state index in [-0.39, 0.29) is 11.5 Å². The van der Waals surface area contributed by atoms with Crippen LogP contribution in [0.1, 0.15) is 21.7 Å². The van der Waals surface area contributed by atoms with Crippen LogP contribution in [0.2, 0.25) is 5.02 Å². The molecule has 42 heavy (non-hydrogen) atoms. The summed E-state index contributed by atoms with van der Waals surface area (Å²) in [6.07, 6.45) is 6.57. The Morgan fingerprint density at radius 2 is 1.67 bits per heavy atom. The summed E-state index contributed by atoms with van der Waals surface area (Å²) in [6.45, 7) is 1.77. The predicted molar refractivity (Wildman–Crippen MR) is 160 cm³/mol. The monoisotopic (exact) mass is 575 g/mol. The molecule has 206 valence electrons. The van der Waals surface area contributed by atoms with Crippen molar-refractivity contribution in [1.82, 2.24) is 19.6 Å². The van der Waals surface area contributed by atoms with Gasteiger partial charge >= 0.3 is 0 Å². The zero-order valence-corrected chi connectivity index (χ0v) is 23.0. The molecule has 0 aliphatic rings. The van der Waals surface area contributed by atoms with Crippen molar-refractivity contribution in [3.63, 3.8) is 0 Å². The van der Waals surface area contributed by atoms with Gasteiger partial charge in [0.05, 0.1) is 39.5 Å². The highest BCUT2D eigenvalue weighted by atomic mass is 35.5. The molecule has 0 saturated carbocycles. The molecule has 6 rings (SSSR count). The smallest absolute Gasteiger partial charge is 0.269 e. The summed E-state index contributed by atoms with van der Waals surface area (Å²) >= 11 is 6.13. The Labute approximate surface area is 245 Å². The van der Waals surface area contributed by atoms with Crippen LogP contribution in [0, 0.1) is 17.0 Å². The molecule has 0 spiro atoms. The molecular weight excluding hydrogens is 554 g/mol. The Morgan fingerprint density at radius 1 is 0.929 bits per heavy atom. The van der Waals surface area contributed by atoms with E-state index < -0.39 is 4.92 Å². The van der Waals surface area contributed by atoms with Crippen LogP contribution in [0.15, 0.2) is 114 Å². The summed E-state index contributed by atoms with van der Waals surface area (Å²) in [5.74, 6) is 0.120. The van der Waals surface area contributed by atoms with Gasteiger partial charge in [0.15, 0.2) is 11.5 Å². The van der Waals surface area contributed by atoms with Crippen molar-refractivity contribution in [2.24, 2.45) is 0 Å². The largest absolute Gasteiger partial charge is 0.463 e. The number of furan rings is 1. The molecule has 0 atom stereocenters. The van der Waals surface area contributed by atoms with Crippen LogP contribution in [0.4, 0.5) is 5.69 Å². The highest BCUT2D eigenvalue weighted by Gasteiger charge is 2.24. The zero-order valence-electron chi connectivity index (χ0n) is 22.2. The van der Waals surface area contributed by atoms with Gasteiger partial charge in [0.2, 0.25) is 0 Å². The summed E-state index contributed by atoms with van der Waals surface area (Å²) in [5, 5.41) is 21.2. The molecule has 0 amide bonds. The summed E-state index contributed by atoms with van der Waals surface area (Å²) in [4.78, 5) is 24.4. The van der Waals surface area contributed by atoms with Gasteiger partial charge in [-0.15, -0.1) is 0 Å². The first kappa shape index (κ1) is 26.7. The first-order chi connectivity index (χ1) is 20.4. The van der Waals surface area contributed by atoms with Crippen molar-refractivity contribution in [1.29, 1.82) is 0 Å². The molecule has 0 aliphatic heterocycles. The van der Waals surface area contributed by atoms with E-state index >= 15 is 0 Å². The van der Waals surface area contributed by atoms with Crippen molar-refractivity contribution in [2.45, 2.75) is 6.92 Å². The molecule has 0 radical (unpaired) electrons. The standard InChI is InChI=1S/C32H22ClN5O4/c1-21-31(32(30-8-5-19-42-30)35-37(21)25-13-15-26(16-14-25)38(40)41)29(39)18-17-28-27(22-9-11-23(33)12-10-22)20-36(34-28)24-6-3-2-4-7-24/h2-20H,1H3/b18-17+. The van der Waals surface area contributed by atoms with E-state index in [2.05, 4.69) is 5.10 Å². The number of aromatic nitrogens is 4. The van der Waals surface area contributed by atoms with E-state index in [4.69, 9.17) is 21.1 Å². The van der Waals surface area contributed by atoms with Crippen molar-refractivity contribution in [3.05, 3.63) is 142 Å². The summed E-state index contributed by atoms with van der Waals surface area (Å²) in [5.41, 5.74) is 4.97. The number of allylic oxidation sites excluding steroid dienone is 1. The summed E-state index contributed by atoms with van der Waals surface area (Å²) < 4.78 is 8.94. The molecule has 0 fully saturated rings. The second-order valence-electron chi connectivity index (χ2n) is 9.38. The van der Waals surface area contributed by atoms with Crippen molar-refractivity contribution in [2.75, 3.05) is 0 Å². The van der Waals surface area contributed by atoms with Crippen molar-refractivity contribution in [3.8, 4) is 34.0 Å². The molecule has 0 unspecified atom stereocenters. The molecule has 3 heterocycles. The van der Waals surface area contributed by atoms with Crippen LogP contribution in [0.5, 0.6) is 0 Å². The zero-order chi connectivity index (χ0) is 29.2. The third-order valence-electron chi connectivity index (χ3n) is 6.73. The van der Waals surface area contributed by atoms with E-state index in [0.717, 1.165) is 16.8 Å². The number of nitro groups is 1. The Kier molecular flexibility index (Phi) is 7.08. The lowest BCUT2D eigenvalue weighted by Crippen LogP contribution is -2.02. The Balaban J connectivity index is 1.41. The lowest BCUT2D eigenvalue weighted by atomic mass is 10.0. The summed E-state index contributed by atoms with van der Waals surface area (Å²) in [6, 6.07) is 26.5. The van der Waals surface area contributed by atoms with Crippen LogP contribution < -0.4 is 0 Å². The van der Waals surface area contributed by atoms with Gasteiger partial charge in [-0.3, -0.25) is 14.9 Å². The van der Waals surface area contributed by atoms with Gasteiger partial charge in [0.1, 0.15) is 5.69 Å². The molecule has 6 aromatic rings. The maximum atomic E-state index is 13.8. The minimum absolute atomic E-state index is 0.0412. The quantitative estimate of drug-likeness (QED) is 0.0794. The fourth-order valence-electron chi connectivity index (χ4n) is 4.66. The first-order valence-corrected chi connectivity index (χ1v) is 13.3. The third kappa shape index (κ3) is 5.16. The Morgan fingerprint density at radius 3 is 2.33 bits per heavy atom. The number of carbonyl (C=O) groups is 1. The van der Waals surface area contributed by atoms with Crippen LogP contribution in [-0.4, -0.2) is 30.3 Å². The number of para-hydroxylation sites is 1. The minimum atomic E-state index is -0.467. The Bertz CT molecular complexity index is 1920. The molecule has 0 N–H and O–H groups in total. The maximum absolute atomic E-state index is 13.8. The molecule has 10 heteroatoms. The van der Waals surface area contributed by atoms with Gasteiger partial charge < -0.3 is 4.42 Å². The van der Waals surface area contributed by atoms with Gasteiger partial charge in [-0.2, -0.15) is 10.2 Å². The van der Waals surface area contributed by atoms with Crippen LogP contribution in [0.3, 0.4) is 0 Å². The number of hydrogen-bond acceptors (Lipinski definition) is 6. The molecule has 0 saturated heterocycles. The van der Waals surface area contributed by atoms with E-state index in [1.165, 1.54) is 24.5 Å². The second kappa shape index (κ2) is 11.1. The minimum Gasteiger partial charge on any atom is -0.463 e. The third-order valence-corrected chi connectivity index (χ3v) is 6.99. The lowest BCUT2D eigenvalue weighted by molar-refractivity contribution is -0.384. The average molecular weight is 576 g/mol. The molecule has 9 nitrogen and oxygen atoms in total. The fourth-order valence-corrected chi connectivity index (χ4v) is 4.79. The van der Waals surface area contributed by atoms with Crippen LogP contribution in [-0.2, 0) is 0 Å². The average Bonchev–Trinajstić information content (AvgIpc) is 3.76. The highest BCUT2D eigenvalue weighted by Crippen LogP contribution is 2.31. The van der Waals surface area contributed by atoms with Gasteiger partial charge in [-0.1, -0.05) is 41.9 Å². The second-order valence-corrected chi connectivity index (χ2v) is 9.82. The van der Waals surface area contributed by atoms with E-state index in [9.17, 15) is 14.9 Å². The molecule has 0 aliphatic carbocycles. The maximum Gasteiger partial charge on any atom is 0.269 e. The number of non-ortho nitro benzene ring substituents is 1. The normalized spacial score (nSPS) is 11.3. The number of carbonyl (C=O) groups excluding carboxylic acids is 1. The Hall–Kier alpha value is -5.54. The topological polar surface area (TPSA) is 109 Å².